The standard InChI is InChI=1S/C27H29.C25H29.C2H6Si.2ClH.Zr/c1-2-18-13-23-4-3-5-25(26(23)14-18)22-6-8-24(9-7-22)27-15-19-10-20(16-27)12-21(11-19)17-27;1-25(2,3)22-14-12-19(13-15-22)23-11-7-10-20-16-21(17-24(20)23)18-8-5-4-6-9-18;1-3-2;;;/h3-9,13-14,19-21H,2,10-12,15-17H2,1H3;7,10-18H,4-6,8-9H2,1-3H3;1-2H3;2*1H;/q2*-1;;;;+2/p-2. The van der Waals surface area contributed by atoms with Crippen molar-refractivity contribution in [2.75, 3.05) is 0 Å². The van der Waals surface area contributed by atoms with E-state index in [-0.39, 0.29) is 35.7 Å². The van der Waals surface area contributed by atoms with Crippen LogP contribution < -0.4 is 24.8 Å². The molecule has 0 spiro atoms. The summed E-state index contributed by atoms with van der Waals surface area (Å²) in [7, 11) is 0. The minimum Gasteiger partial charge on any atom is -1.00 e. The summed E-state index contributed by atoms with van der Waals surface area (Å²) in [6.07, 6.45) is 17.0. The Morgan fingerprint density at radius 3 is 1.64 bits per heavy atom. The first-order chi connectivity index (χ1) is 27.0. The van der Waals surface area contributed by atoms with Gasteiger partial charge in [-0.3, -0.25) is 0 Å². The van der Waals surface area contributed by atoms with Gasteiger partial charge in [0, 0.05) is 0 Å². The zero-order valence-electron chi connectivity index (χ0n) is 35.9. The quantitative estimate of drug-likeness (QED) is 0.120. The third-order valence-corrected chi connectivity index (χ3v) is 14.0. The molecule has 0 aliphatic heterocycles. The SMILES string of the molecule is CC(C)(C)c1ccc(-c2cccc3[cH-]c(C4CCCCC4)cc23)cc1.CCc1cc2c(-c3ccc(C45CC6CC(CC(C6)C4)C5)cc3)cccc2[cH-]1.C[Si](C)=[Zr+2].[Cl-].[Cl-]. The summed E-state index contributed by atoms with van der Waals surface area (Å²) < 4.78 is 0. The van der Waals surface area contributed by atoms with Gasteiger partial charge in [-0.25, -0.2) is 0 Å². The number of hydrogen-bond acceptors (Lipinski definition) is 0. The van der Waals surface area contributed by atoms with Gasteiger partial charge in [-0.2, -0.15) is 12.1 Å². The zero-order chi connectivity index (χ0) is 39.0. The van der Waals surface area contributed by atoms with E-state index in [0.717, 1.165) is 30.1 Å². The topological polar surface area (TPSA) is 0 Å². The van der Waals surface area contributed by atoms with Crippen molar-refractivity contribution in [2.45, 2.75) is 135 Å². The number of halogens is 2. The van der Waals surface area contributed by atoms with Gasteiger partial charge in [0.1, 0.15) is 0 Å². The fourth-order valence-corrected chi connectivity index (χ4v) is 11.6. The molecule has 6 aromatic rings. The van der Waals surface area contributed by atoms with Crippen molar-refractivity contribution in [3.63, 3.8) is 0 Å². The van der Waals surface area contributed by atoms with E-state index in [9.17, 15) is 0 Å². The maximum Gasteiger partial charge on any atom is -1.00 e. The summed E-state index contributed by atoms with van der Waals surface area (Å²) in [5.74, 6) is 3.82. The molecule has 5 aliphatic rings. The van der Waals surface area contributed by atoms with Crippen molar-refractivity contribution >= 4 is 27.0 Å². The minimum atomic E-state index is 0. The molecule has 4 bridgehead atoms. The molecule has 0 unspecified atom stereocenters. The normalized spacial score (nSPS) is 22.3. The Balaban J connectivity index is 0.000000174. The molecule has 5 fully saturated rings. The minimum absolute atomic E-state index is 0. The van der Waals surface area contributed by atoms with E-state index < -0.39 is 0 Å². The van der Waals surface area contributed by atoms with Crippen LogP contribution in [0.2, 0.25) is 13.1 Å². The van der Waals surface area contributed by atoms with Crippen LogP contribution in [-0.2, 0) is 40.6 Å². The fraction of sp³-hybridized carbons (Fsp3) is 0.444. The molecule has 0 amide bonds. The van der Waals surface area contributed by atoms with Crippen molar-refractivity contribution in [2.24, 2.45) is 17.8 Å². The first-order valence-electron chi connectivity index (χ1n) is 22.1. The molecule has 0 aromatic heterocycles. The molecule has 304 valence electrons. The van der Waals surface area contributed by atoms with Crippen LogP contribution in [0, 0.1) is 17.8 Å². The van der Waals surface area contributed by atoms with Crippen LogP contribution in [0.5, 0.6) is 0 Å². The molecule has 58 heavy (non-hydrogen) atoms. The van der Waals surface area contributed by atoms with Crippen LogP contribution in [0.25, 0.3) is 43.8 Å². The van der Waals surface area contributed by atoms with Crippen molar-refractivity contribution in [3.8, 4) is 22.3 Å². The average molecular weight is 903 g/mol. The second kappa shape index (κ2) is 19.2. The van der Waals surface area contributed by atoms with Gasteiger partial charge in [-0.1, -0.05) is 119 Å². The first kappa shape index (κ1) is 45.3. The Hall–Kier alpha value is -2.22. The van der Waals surface area contributed by atoms with Crippen LogP contribution in [0.3, 0.4) is 0 Å². The van der Waals surface area contributed by atoms with Gasteiger partial charge >= 0.3 is 41.9 Å². The maximum atomic E-state index is 2.48. The van der Waals surface area contributed by atoms with Crippen LogP contribution in [0.4, 0.5) is 0 Å². The zero-order valence-corrected chi connectivity index (χ0v) is 40.9. The Bertz CT molecular complexity index is 2240. The van der Waals surface area contributed by atoms with E-state index in [1.54, 1.807) is 34.5 Å². The molecule has 4 heteroatoms. The van der Waals surface area contributed by atoms with Crippen LogP contribution >= 0.6 is 0 Å². The van der Waals surface area contributed by atoms with Crippen LogP contribution in [-0.4, -0.2) is 5.43 Å². The summed E-state index contributed by atoms with van der Waals surface area (Å²) in [6, 6.07) is 42.1. The Kier molecular flexibility index (Phi) is 15.0. The van der Waals surface area contributed by atoms with Gasteiger partial charge < -0.3 is 24.8 Å². The molecule has 0 N–H and O–H groups in total. The van der Waals surface area contributed by atoms with Gasteiger partial charge in [0.25, 0.3) is 0 Å². The molecule has 0 nitrogen and oxygen atoms in total. The average Bonchev–Trinajstić information content (AvgIpc) is 3.83. The molecule has 11 rings (SSSR count). The van der Waals surface area contributed by atoms with Crippen molar-refractivity contribution < 1.29 is 48.1 Å². The van der Waals surface area contributed by atoms with E-state index in [4.69, 9.17) is 0 Å². The molecular weight excluding hydrogens is 839 g/mol. The van der Waals surface area contributed by atoms with E-state index in [2.05, 4.69) is 150 Å². The van der Waals surface area contributed by atoms with E-state index >= 15 is 0 Å². The van der Waals surface area contributed by atoms with Gasteiger partial charge in [-0.05, 0) is 115 Å². The van der Waals surface area contributed by atoms with E-state index in [0.29, 0.717) is 5.41 Å². The summed E-state index contributed by atoms with van der Waals surface area (Å²) in [5, 5.41) is 5.62. The summed E-state index contributed by atoms with van der Waals surface area (Å²) >= 11 is 1.74. The Labute approximate surface area is 378 Å². The predicted molar refractivity (Wildman–Crippen MR) is 241 cm³/mol. The smallest absolute Gasteiger partial charge is 1.00 e. The van der Waals surface area contributed by atoms with Gasteiger partial charge in [0.15, 0.2) is 0 Å². The fourth-order valence-electron chi connectivity index (χ4n) is 11.6. The Morgan fingerprint density at radius 2 is 1.14 bits per heavy atom. The third-order valence-electron chi connectivity index (χ3n) is 14.0. The van der Waals surface area contributed by atoms with E-state index in [1.807, 2.05) is 0 Å². The summed E-state index contributed by atoms with van der Waals surface area (Å²) in [6.45, 7) is 13.7. The monoisotopic (exact) mass is 900 g/mol. The van der Waals surface area contributed by atoms with Crippen LogP contribution in [0.15, 0.2) is 109 Å². The number of benzene rings is 4. The van der Waals surface area contributed by atoms with Gasteiger partial charge in [-0.15, -0.1) is 69.1 Å². The van der Waals surface area contributed by atoms with E-state index in [1.165, 1.54) is 126 Å². The molecular formula is C54H64Cl2SiZr-2. The summed E-state index contributed by atoms with van der Waals surface area (Å²) in [4.78, 5) is 0. The third kappa shape index (κ3) is 9.94. The molecule has 5 saturated carbocycles. The van der Waals surface area contributed by atoms with Crippen LogP contribution in [0.1, 0.15) is 126 Å². The largest absolute Gasteiger partial charge is 1.00 e. The van der Waals surface area contributed by atoms with Gasteiger partial charge in [0.05, 0.1) is 0 Å². The maximum absolute atomic E-state index is 2.48. The molecule has 0 radical (unpaired) electrons. The molecule has 6 aromatic carbocycles. The number of fused-ring (bicyclic) bond motifs is 2. The number of aryl methyl sites for hydroxylation is 1. The molecule has 0 atom stereocenters. The molecule has 5 aliphatic carbocycles. The first-order valence-corrected chi connectivity index (χ1v) is 28.3. The van der Waals surface area contributed by atoms with Crippen molar-refractivity contribution in [3.05, 3.63) is 131 Å². The van der Waals surface area contributed by atoms with Crippen molar-refractivity contribution in [1.29, 1.82) is 0 Å². The second-order valence-corrected chi connectivity index (χ2v) is 28.9. The Morgan fingerprint density at radius 1 is 0.655 bits per heavy atom. The van der Waals surface area contributed by atoms with Crippen molar-refractivity contribution in [1.82, 2.24) is 0 Å². The predicted octanol–water partition coefficient (Wildman–Crippen LogP) is 9.62. The second-order valence-electron chi connectivity index (χ2n) is 19.6. The number of rotatable bonds is 5. The number of hydrogen-bond donors (Lipinski definition) is 0. The summed E-state index contributed by atoms with van der Waals surface area (Å²) in [5.41, 5.74) is 12.4. The van der Waals surface area contributed by atoms with Gasteiger partial charge in [0.2, 0.25) is 0 Å². The molecule has 0 saturated heterocycles. The molecule has 0 heterocycles.